The second-order valence-corrected chi connectivity index (χ2v) is 5.22. The molecule has 0 aliphatic carbocycles. The van der Waals surface area contributed by atoms with E-state index in [1.54, 1.807) is 6.07 Å². The van der Waals surface area contributed by atoms with Crippen LogP contribution in [0.2, 0.25) is 5.02 Å². The number of ether oxygens (including phenoxy) is 1. The smallest absolute Gasteiger partial charge is 0.169 e. The fourth-order valence-electron chi connectivity index (χ4n) is 2.25. The highest BCUT2D eigenvalue weighted by atomic mass is 35.5. The SMILES string of the molecule is Nc1cc(-c2ccc(CN3CCOCC3)c(Cl)c2)on1. The third-order valence-corrected chi connectivity index (χ3v) is 3.72. The minimum absolute atomic E-state index is 0.369. The molecule has 2 heterocycles. The summed E-state index contributed by atoms with van der Waals surface area (Å²) < 4.78 is 10.5. The van der Waals surface area contributed by atoms with Crippen molar-refractivity contribution >= 4 is 17.4 Å². The molecule has 1 fully saturated rings. The molecule has 5 nitrogen and oxygen atoms in total. The van der Waals surface area contributed by atoms with Gasteiger partial charge >= 0.3 is 0 Å². The first-order valence-corrected chi connectivity index (χ1v) is 6.91. The molecule has 1 aliphatic heterocycles. The van der Waals surface area contributed by atoms with Crippen molar-refractivity contribution in [3.8, 4) is 11.3 Å². The summed E-state index contributed by atoms with van der Waals surface area (Å²) in [5.74, 6) is 0.996. The van der Waals surface area contributed by atoms with Gasteiger partial charge < -0.3 is 15.0 Å². The quantitative estimate of drug-likeness (QED) is 0.941. The lowest BCUT2D eigenvalue weighted by Crippen LogP contribution is -2.35. The maximum Gasteiger partial charge on any atom is 0.169 e. The van der Waals surface area contributed by atoms with Crippen molar-refractivity contribution in [2.75, 3.05) is 32.0 Å². The number of halogens is 1. The van der Waals surface area contributed by atoms with E-state index in [9.17, 15) is 0 Å². The first-order chi connectivity index (χ1) is 9.72. The molecule has 0 radical (unpaired) electrons. The molecule has 6 heteroatoms. The Kier molecular flexibility index (Phi) is 3.91. The summed E-state index contributed by atoms with van der Waals surface area (Å²) in [6.07, 6.45) is 0. The Morgan fingerprint density at radius 2 is 2.05 bits per heavy atom. The zero-order chi connectivity index (χ0) is 13.9. The van der Waals surface area contributed by atoms with E-state index < -0.39 is 0 Å². The van der Waals surface area contributed by atoms with Crippen LogP contribution in [-0.4, -0.2) is 36.4 Å². The van der Waals surface area contributed by atoms with Gasteiger partial charge in [-0.05, 0) is 11.6 Å². The second-order valence-electron chi connectivity index (χ2n) is 4.81. The largest absolute Gasteiger partial charge is 0.381 e. The number of benzene rings is 1. The van der Waals surface area contributed by atoms with E-state index in [1.807, 2.05) is 18.2 Å². The van der Waals surface area contributed by atoms with E-state index in [1.165, 1.54) is 0 Å². The summed E-state index contributed by atoms with van der Waals surface area (Å²) in [5.41, 5.74) is 7.53. The molecule has 0 amide bonds. The average Bonchev–Trinajstić information content (AvgIpc) is 2.89. The summed E-state index contributed by atoms with van der Waals surface area (Å²) in [7, 11) is 0. The van der Waals surface area contributed by atoms with E-state index >= 15 is 0 Å². The van der Waals surface area contributed by atoms with Gasteiger partial charge in [-0.25, -0.2) is 0 Å². The summed E-state index contributed by atoms with van der Waals surface area (Å²) in [6, 6.07) is 7.57. The van der Waals surface area contributed by atoms with Gasteiger partial charge in [-0.2, -0.15) is 0 Å². The lowest BCUT2D eigenvalue weighted by Gasteiger charge is -2.26. The molecule has 1 saturated heterocycles. The molecule has 0 bridgehead atoms. The molecule has 3 rings (SSSR count). The highest BCUT2D eigenvalue weighted by molar-refractivity contribution is 6.31. The van der Waals surface area contributed by atoms with Crippen LogP contribution in [0.3, 0.4) is 0 Å². The molecule has 1 aromatic heterocycles. The number of morpholine rings is 1. The van der Waals surface area contributed by atoms with Crippen LogP contribution in [0.4, 0.5) is 5.82 Å². The number of anilines is 1. The Bertz CT molecular complexity index is 594. The molecule has 0 saturated carbocycles. The predicted molar refractivity (Wildman–Crippen MR) is 77.5 cm³/mol. The maximum atomic E-state index is 6.35. The van der Waals surface area contributed by atoms with Crippen molar-refractivity contribution in [1.82, 2.24) is 10.1 Å². The molecule has 1 aromatic carbocycles. The van der Waals surface area contributed by atoms with Crippen LogP contribution >= 0.6 is 11.6 Å². The number of nitrogens with two attached hydrogens (primary N) is 1. The average molecular weight is 294 g/mol. The third kappa shape index (κ3) is 2.95. The standard InChI is InChI=1S/C14H16ClN3O2/c15-12-7-10(13-8-14(16)17-20-13)1-2-11(12)9-18-3-5-19-6-4-18/h1-2,7-8H,3-6,9H2,(H2,16,17). The Morgan fingerprint density at radius 1 is 1.25 bits per heavy atom. The molecule has 0 spiro atoms. The molecule has 20 heavy (non-hydrogen) atoms. The topological polar surface area (TPSA) is 64.5 Å². The van der Waals surface area contributed by atoms with Gasteiger partial charge in [-0.3, -0.25) is 4.90 Å². The van der Waals surface area contributed by atoms with Gasteiger partial charge in [-0.15, -0.1) is 0 Å². The van der Waals surface area contributed by atoms with Gasteiger partial charge in [0.05, 0.1) is 13.2 Å². The number of rotatable bonds is 3. The molecule has 2 aromatic rings. The van der Waals surface area contributed by atoms with Gasteiger partial charge in [0.15, 0.2) is 11.6 Å². The van der Waals surface area contributed by atoms with Crippen molar-refractivity contribution in [3.63, 3.8) is 0 Å². The molecular weight excluding hydrogens is 278 g/mol. The molecular formula is C14H16ClN3O2. The number of hydrogen-bond acceptors (Lipinski definition) is 5. The minimum Gasteiger partial charge on any atom is -0.381 e. The number of nitrogens with zero attached hydrogens (tertiary/aromatic N) is 2. The Labute approximate surface area is 122 Å². The summed E-state index contributed by atoms with van der Waals surface area (Å²) >= 11 is 6.35. The number of aromatic nitrogens is 1. The molecule has 2 N–H and O–H groups in total. The second kappa shape index (κ2) is 5.83. The van der Waals surface area contributed by atoms with Gasteiger partial charge in [0.25, 0.3) is 0 Å². The Hall–Kier alpha value is -1.56. The molecule has 0 unspecified atom stereocenters. The summed E-state index contributed by atoms with van der Waals surface area (Å²) in [5, 5.41) is 4.40. The van der Waals surface area contributed by atoms with Gasteiger partial charge in [0, 0.05) is 36.3 Å². The lowest BCUT2D eigenvalue weighted by molar-refractivity contribution is 0.0342. The van der Waals surface area contributed by atoms with Crippen molar-refractivity contribution in [3.05, 3.63) is 34.9 Å². The highest BCUT2D eigenvalue weighted by Crippen LogP contribution is 2.27. The van der Waals surface area contributed by atoms with Crippen LogP contribution in [0.5, 0.6) is 0 Å². The predicted octanol–water partition coefficient (Wildman–Crippen LogP) is 2.41. The fraction of sp³-hybridized carbons (Fsp3) is 0.357. The zero-order valence-electron chi connectivity index (χ0n) is 11.0. The highest BCUT2D eigenvalue weighted by Gasteiger charge is 2.13. The molecule has 0 atom stereocenters. The van der Waals surface area contributed by atoms with Crippen LogP contribution in [-0.2, 0) is 11.3 Å². The fourth-order valence-corrected chi connectivity index (χ4v) is 2.49. The maximum absolute atomic E-state index is 6.35. The normalized spacial score (nSPS) is 16.4. The van der Waals surface area contributed by atoms with Crippen molar-refractivity contribution in [2.24, 2.45) is 0 Å². The van der Waals surface area contributed by atoms with Crippen molar-refractivity contribution in [2.45, 2.75) is 6.54 Å². The summed E-state index contributed by atoms with van der Waals surface area (Å²) in [4.78, 5) is 2.33. The van der Waals surface area contributed by atoms with E-state index in [-0.39, 0.29) is 0 Å². The van der Waals surface area contributed by atoms with E-state index in [2.05, 4.69) is 10.1 Å². The van der Waals surface area contributed by atoms with E-state index in [0.717, 1.165) is 49.0 Å². The first-order valence-electron chi connectivity index (χ1n) is 6.53. The van der Waals surface area contributed by atoms with Crippen LogP contribution in [0, 0.1) is 0 Å². The minimum atomic E-state index is 0.369. The van der Waals surface area contributed by atoms with E-state index in [0.29, 0.717) is 11.6 Å². The summed E-state index contributed by atoms with van der Waals surface area (Å²) in [6.45, 7) is 4.29. The van der Waals surface area contributed by atoms with Gasteiger partial charge in [0.2, 0.25) is 0 Å². The van der Waals surface area contributed by atoms with Crippen LogP contribution in [0.1, 0.15) is 5.56 Å². The number of hydrogen-bond donors (Lipinski definition) is 1. The Balaban J connectivity index is 1.76. The van der Waals surface area contributed by atoms with E-state index in [4.69, 9.17) is 26.6 Å². The lowest BCUT2D eigenvalue weighted by atomic mass is 10.1. The van der Waals surface area contributed by atoms with Crippen LogP contribution in [0.25, 0.3) is 11.3 Å². The molecule has 1 aliphatic rings. The van der Waals surface area contributed by atoms with Gasteiger partial charge in [-0.1, -0.05) is 28.9 Å². The molecule has 106 valence electrons. The Morgan fingerprint density at radius 3 is 2.70 bits per heavy atom. The van der Waals surface area contributed by atoms with Crippen molar-refractivity contribution < 1.29 is 9.26 Å². The van der Waals surface area contributed by atoms with Gasteiger partial charge in [0.1, 0.15) is 0 Å². The van der Waals surface area contributed by atoms with Crippen LogP contribution in [0.15, 0.2) is 28.8 Å². The monoisotopic (exact) mass is 293 g/mol. The third-order valence-electron chi connectivity index (χ3n) is 3.36. The van der Waals surface area contributed by atoms with Crippen LogP contribution < -0.4 is 5.73 Å². The number of nitrogen functional groups attached to an aromatic ring is 1. The zero-order valence-corrected chi connectivity index (χ0v) is 11.8. The van der Waals surface area contributed by atoms with Crippen molar-refractivity contribution in [1.29, 1.82) is 0 Å². The first kappa shape index (κ1) is 13.4.